The molecule has 4 heteroatoms. The zero-order valence-corrected chi connectivity index (χ0v) is 11.8. The van der Waals surface area contributed by atoms with Crippen LogP contribution in [0.5, 0.6) is 0 Å². The molecule has 4 nitrogen and oxygen atoms in total. The minimum atomic E-state index is -0.0313. The summed E-state index contributed by atoms with van der Waals surface area (Å²) >= 11 is 0. The zero-order chi connectivity index (χ0) is 13.7. The molecule has 0 bridgehead atoms. The van der Waals surface area contributed by atoms with E-state index in [1.165, 1.54) is 0 Å². The number of aromatic nitrogens is 2. The molecule has 0 aliphatic carbocycles. The summed E-state index contributed by atoms with van der Waals surface area (Å²) in [4.78, 5) is 20.4. The van der Waals surface area contributed by atoms with Gasteiger partial charge in [0.05, 0.1) is 0 Å². The molecule has 18 heavy (non-hydrogen) atoms. The van der Waals surface area contributed by atoms with Crippen molar-refractivity contribution in [3.8, 4) is 0 Å². The molecule has 1 N–H and O–H groups in total. The average Bonchev–Trinajstić information content (AvgIpc) is 2.27. The lowest BCUT2D eigenvalue weighted by Crippen LogP contribution is -2.25. The molecule has 1 aromatic heterocycles. The Labute approximate surface area is 109 Å². The van der Waals surface area contributed by atoms with Gasteiger partial charge in [-0.15, -0.1) is 0 Å². The molecular formula is C14H21N3O. The third kappa shape index (κ3) is 3.65. The van der Waals surface area contributed by atoms with Crippen LogP contribution in [0.25, 0.3) is 0 Å². The van der Waals surface area contributed by atoms with Crippen LogP contribution >= 0.6 is 0 Å². The highest BCUT2D eigenvalue weighted by Crippen LogP contribution is 2.09. The standard InChI is InChI=1S/C14H21N3O/c1-6-7-9(2)14(18)15-8-13-10(3)16-12(5)17-11(13)4/h7H,6,8H2,1-5H3,(H,15,18)/b9-7-. The van der Waals surface area contributed by atoms with E-state index in [9.17, 15) is 4.79 Å². The molecule has 98 valence electrons. The van der Waals surface area contributed by atoms with Gasteiger partial charge in [-0.05, 0) is 34.1 Å². The number of carbonyl (C=O) groups excluding carboxylic acids is 1. The molecule has 0 saturated carbocycles. The fourth-order valence-electron chi connectivity index (χ4n) is 1.87. The van der Waals surface area contributed by atoms with Gasteiger partial charge in [0.25, 0.3) is 0 Å². The van der Waals surface area contributed by atoms with Gasteiger partial charge < -0.3 is 5.32 Å². The number of aryl methyl sites for hydroxylation is 3. The lowest BCUT2D eigenvalue weighted by molar-refractivity contribution is -0.117. The largest absolute Gasteiger partial charge is 0.348 e. The minimum Gasteiger partial charge on any atom is -0.348 e. The van der Waals surface area contributed by atoms with Gasteiger partial charge in [-0.2, -0.15) is 0 Å². The molecule has 1 aromatic rings. The van der Waals surface area contributed by atoms with Gasteiger partial charge in [-0.25, -0.2) is 9.97 Å². The van der Waals surface area contributed by atoms with E-state index in [1.54, 1.807) is 0 Å². The lowest BCUT2D eigenvalue weighted by atomic mass is 10.1. The molecule has 0 atom stereocenters. The number of nitrogens with zero attached hydrogens (tertiary/aromatic N) is 2. The van der Waals surface area contributed by atoms with E-state index < -0.39 is 0 Å². The van der Waals surface area contributed by atoms with E-state index in [-0.39, 0.29) is 5.91 Å². The molecule has 0 radical (unpaired) electrons. The van der Waals surface area contributed by atoms with E-state index in [0.717, 1.165) is 34.8 Å². The van der Waals surface area contributed by atoms with Gasteiger partial charge in [0, 0.05) is 29.1 Å². The van der Waals surface area contributed by atoms with Gasteiger partial charge >= 0.3 is 0 Å². The number of hydrogen-bond donors (Lipinski definition) is 1. The number of allylic oxidation sites excluding steroid dienone is 1. The molecule has 1 heterocycles. The summed E-state index contributed by atoms with van der Waals surface area (Å²) < 4.78 is 0. The Morgan fingerprint density at radius 2 is 1.78 bits per heavy atom. The van der Waals surface area contributed by atoms with E-state index in [0.29, 0.717) is 6.54 Å². The van der Waals surface area contributed by atoms with E-state index in [2.05, 4.69) is 15.3 Å². The number of rotatable bonds is 4. The van der Waals surface area contributed by atoms with Gasteiger partial charge in [0.2, 0.25) is 5.91 Å². The van der Waals surface area contributed by atoms with Crippen molar-refractivity contribution in [2.75, 3.05) is 0 Å². The van der Waals surface area contributed by atoms with Crippen LogP contribution in [0.4, 0.5) is 0 Å². The smallest absolute Gasteiger partial charge is 0.246 e. The maximum absolute atomic E-state index is 11.8. The zero-order valence-electron chi connectivity index (χ0n) is 11.8. The molecule has 0 aliphatic rings. The summed E-state index contributed by atoms with van der Waals surface area (Å²) in [7, 11) is 0. The van der Waals surface area contributed by atoms with Gasteiger partial charge in [-0.1, -0.05) is 13.0 Å². The van der Waals surface area contributed by atoms with Gasteiger partial charge in [-0.3, -0.25) is 4.79 Å². The third-order valence-corrected chi connectivity index (χ3v) is 2.83. The Bertz CT molecular complexity index is 455. The first-order valence-corrected chi connectivity index (χ1v) is 6.21. The summed E-state index contributed by atoms with van der Waals surface area (Å²) in [5.41, 5.74) is 3.61. The lowest BCUT2D eigenvalue weighted by Gasteiger charge is -2.11. The van der Waals surface area contributed by atoms with Crippen LogP contribution in [0, 0.1) is 20.8 Å². The van der Waals surface area contributed by atoms with E-state index >= 15 is 0 Å². The second-order valence-electron chi connectivity index (χ2n) is 4.40. The Balaban J connectivity index is 2.76. The molecule has 0 spiro atoms. The van der Waals surface area contributed by atoms with Crippen LogP contribution in [0.2, 0.25) is 0 Å². The monoisotopic (exact) mass is 247 g/mol. The Morgan fingerprint density at radius 3 is 2.28 bits per heavy atom. The van der Waals surface area contributed by atoms with Crippen LogP contribution in [-0.2, 0) is 11.3 Å². The number of amides is 1. The maximum Gasteiger partial charge on any atom is 0.246 e. The average molecular weight is 247 g/mol. The number of hydrogen-bond acceptors (Lipinski definition) is 3. The molecule has 0 fully saturated rings. The maximum atomic E-state index is 11.8. The highest BCUT2D eigenvalue weighted by molar-refractivity contribution is 5.92. The highest BCUT2D eigenvalue weighted by Gasteiger charge is 2.09. The van der Waals surface area contributed by atoms with Crippen molar-refractivity contribution in [3.63, 3.8) is 0 Å². The third-order valence-electron chi connectivity index (χ3n) is 2.83. The van der Waals surface area contributed by atoms with E-state index in [1.807, 2.05) is 40.7 Å². The normalized spacial score (nSPS) is 11.5. The molecule has 0 saturated heterocycles. The van der Waals surface area contributed by atoms with Crippen LogP contribution in [0.1, 0.15) is 43.0 Å². The molecule has 1 amide bonds. The summed E-state index contributed by atoms with van der Waals surface area (Å²) in [5.74, 6) is 0.735. The number of nitrogens with one attached hydrogen (secondary N) is 1. The van der Waals surface area contributed by atoms with E-state index in [4.69, 9.17) is 0 Å². The van der Waals surface area contributed by atoms with Crippen molar-refractivity contribution >= 4 is 5.91 Å². The number of carbonyl (C=O) groups is 1. The van der Waals surface area contributed by atoms with Crippen LogP contribution < -0.4 is 5.32 Å². The Morgan fingerprint density at radius 1 is 1.22 bits per heavy atom. The predicted molar refractivity (Wildman–Crippen MR) is 72.1 cm³/mol. The van der Waals surface area contributed by atoms with Gasteiger partial charge in [0.1, 0.15) is 5.82 Å². The van der Waals surface area contributed by atoms with Crippen molar-refractivity contribution in [2.24, 2.45) is 0 Å². The molecule has 0 aliphatic heterocycles. The van der Waals surface area contributed by atoms with Gasteiger partial charge in [0.15, 0.2) is 0 Å². The van der Waals surface area contributed by atoms with Crippen molar-refractivity contribution in [2.45, 2.75) is 47.6 Å². The second-order valence-corrected chi connectivity index (χ2v) is 4.40. The minimum absolute atomic E-state index is 0.0313. The molecule has 0 aromatic carbocycles. The van der Waals surface area contributed by atoms with Crippen LogP contribution in [0.3, 0.4) is 0 Å². The summed E-state index contributed by atoms with van der Waals surface area (Å²) in [6.07, 6.45) is 2.78. The van der Waals surface area contributed by atoms with Crippen LogP contribution in [-0.4, -0.2) is 15.9 Å². The molecular weight excluding hydrogens is 226 g/mol. The van der Waals surface area contributed by atoms with Crippen LogP contribution in [0.15, 0.2) is 11.6 Å². The molecule has 1 rings (SSSR count). The fourth-order valence-corrected chi connectivity index (χ4v) is 1.87. The summed E-state index contributed by atoms with van der Waals surface area (Å²) in [5, 5.41) is 2.90. The second kappa shape index (κ2) is 6.28. The van der Waals surface area contributed by atoms with Crippen molar-refractivity contribution in [3.05, 3.63) is 34.4 Å². The first-order chi connectivity index (χ1) is 8.45. The Hall–Kier alpha value is -1.71. The first-order valence-electron chi connectivity index (χ1n) is 6.21. The fraction of sp³-hybridized carbons (Fsp3) is 0.500. The quantitative estimate of drug-likeness (QED) is 0.831. The topological polar surface area (TPSA) is 54.9 Å². The predicted octanol–water partition coefficient (Wildman–Crippen LogP) is 2.37. The first kappa shape index (κ1) is 14.4. The SMILES string of the molecule is CC/C=C(/C)C(=O)NCc1c(C)nc(C)nc1C. The Kier molecular flexibility index (Phi) is 5.01. The highest BCUT2D eigenvalue weighted by atomic mass is 16.1. The summed E-state index contributed by atoms with van der Waals surface area (Å²) in [6, 6.07) is 0. The summed E-state index contributed by atoms with van der Waals surface area (Å²) in [6.45, 7) is 10.1. The molecule has 0 unspecified atom stereocenters. The van der Waals surface area contributed by atoms with Crippen molar-refractivity contribution < 1.29 is 4.79 Å². The van der Waals surface area contributed by atoms with Crippen molar-refractivity contribution in [1.29, 1.82) is 0 Å². The van der Waals surface area contributed by atoms with Crippen molar-refractivity contribution in [1.82, 2.24) is 15.3 Å².